The van der Waals surface area contributed by atoms with Crippen LogP contribution in [0.3, 0.4) is 0 Å². The second kappa shape index (κ2) is 3.30. The van der Waals surface area contributed by atoms with Gasteiger partial charge < -0.3 is 10.7 Å². The first-order valence-electron chi connectivity index (χ1n) is 4.61. The normalized spacial score (nSPS) is 11.1. The molecule has 1 heterocycles. The summed E-state index contributed by atoms with van der Waals surface area (Å²) < 4.78 is 0. The van der Waals surface area contributed by atoms with Gasteiger partial charge in [0.1, 0.15) is 0 Å². The summed E-state index contributed by atoms with van der Waals surface area (Å²) in [6.07, 6.45) is 0. The Kier molecular flexibility index (Phi) is 2.25. The first-order chi connectivity index (χ1) is 6.65. The molecule has 0 radical (unpaired) electrons. The number of rotatable bonds is 1. The Hall–Kier alpha value is -0.990. The summed E-state index contributed by atoms with van der Waals surface area (Å²) >= 11 is 6.04. The molecule has 14 heavy (non-hydrogen) atoms. The van der Waals surface area contributed by atoms with Crippen molar-refractivity contribution in [2.45, 2.75) is 20.4 Å². The third-order valence-corrected chi connectivity index (χ3v) is 3.15. The van der Waals surface area contributed by atoms with Crippen LogP contribution in [0.5, 0.6) is 0 Å². The lowest BCUT2D eigenvalue weighted by molar-refractivity contribution is 1.00. The van der Waals surface area contributed by atoms with E-state index in [1.165, 1.54) is 10.9 Å². The minimum atomic E-state index is 0.539. The largest absolute Gasteiger partial charge is 0.357 e. The molecular weight excluding hydrogens is 196 g/mol. The maximum Gasteiger partial charge on any atom is 0.0503 e. The second-order valence-corrected chi connectivity index (χ2v) is 3.93. The van der Waals surface area contributed by atoms with Crippen molar-refractivity contribution in [1.29, 1.82) is 0 Å². The average Bonchev–Trinajstić information content (AvgIpc) is 2.50. The molecule has 0 amide bonds. The van der Waals surface area contributed by atoms with E-state index in [9.17, 15) is 0 Å². The number of nitrogens with two attached hydrogens (primary N) is 1. The molecule has 0 saturated heterocycles. The fourth-order valence-corrected chi connectivity index (χ4v) is 1.93. The van der Waals surface area contributed by atoms with Crippen LogP contribution in [0.1, 0.15) is 16.8 Å². The summed E-state index contributed by atoms with van der Waals surface area (Å²) in [6, 6.07) is 3.97. The Morgan fingerprint density at radius 1 is 1.29 bits per heavy atom. The van der Waals surface area contributed by atoms with Gasteiger partial charge in [-0.05, 0) is 31.0 Å². The molecule has 0 unspecified atom stereocenters. The van der Waals surface area contributed by atoms with Crippen LogP contribution >= 0.6 is 11.6 Å². The van der Waals surface area contributed by atoms with E-state index in [1.807, 2.05) is 19.1 Å². The number of nitrogens with one attached hydrogen (secondary N) is 1. The zero-order chi connectivity index (χ0) is 10.3. The van der Waals surface area contributed by atoms with Crippen LogP contribution in [-0.4, -0.2) is 4.98 Å². The van der Waals surface area contributed by atoms with Crippen LogP contribution < -0.4 is 5.73 Å². The zero-order valence-electron chi connectivity index (χ0n) is 8.32. The molecule has 0 fully saturated rings. The fourth-order valence-electron chi connectivity index (χ4n) is 1.77. The number of H-pyrrole nitrogens is 1. The van der Waals surface area contributed by atoms with Crippen molar-refractivity contribution in [3.63, 3.8) is 0 Å². The first kappa shape index (κ1) is 9.56. The van der Waals surface area contributed by atoms with Gasteiger partial charge in [-0.1, -0.05) is 17.7 Å². The van der Waals surface area contributed by atoms with Crippen molar-refractivity contribution in [3.8, 4) is 0 Å². The molecule has 0 saturated carbocycles. The van der Waals surface area contributed by atoms with Gasteiger partial charge in [-0.2, -0.15) is 0 Å². The van der Waals surface area contributed by atoms with Crippen molar-refractivity contribution in [3.05, 3.63) is 34.0 Å². The molecule has 0 atom stereocenters. The van der Waals surface area contributed by atoms with Gasteiger partial charge >= 0.3 is 0 Å². The predicted molar refractivity (Wildman–Crippen MR) is 60.7 cm³/mol. The quantitative estimate of drug-likeness (QED) is 0.744. The molecule has 0 aliphatic heterocycles. The number of hydrogen-bond donors (Lipinski definition) is 2. The number of benzene rings is 1. The molecule has 74 valence electrons. The van der Waals surface area contributed by atoms with E-state index >= 15 is 0 Å². The van der Waals surface area contributed by atoms with Crippen molar-refractivity contribution in [1.82, 2.24) is 4.98 Å². The maximum atomic E-state index is 6.04. The Labute approximate surface area is 88.1 Å². The van der Waals surface area contributed by atoms with Crippen LogP contribution in [0.25, 0.3) is 10.9 Å². The predicted octanol–water partition coefficient (Wildman–Crippen LogP) is 2.90. The Bertz CT molecular complexity index is 485. The lowest BCUT2D eigenvalue weighted by Crippen LogP contribution is -1.97. The molecule has 0 aliphatic rings. The Balaban J connectivity index is 2.85. The van der Waals surface area contributed by atoms with E-state index in [-0.39, 0.29) is 0 Å². The zero-order valence-corrected chi connectivity index (χ0v) is 9.07. The monoisotopic (exact) mass is 208 g/mol. The standard InChI is InChI=1S/C11H13ClN2/c1-6-8-3-4-9(12)7(2)11(8)14-10(6)5-13/h3-4,14H,5,13H2,1-2H3. The topological polar surface area (TPSA) is 41.8 Å². The number of aromatic nitrogens is 1. The number of halogens is 1. The highest BCUT2D eigenvalue weighted by Crippen LogP contribution is 2.28. The minimum absolute atomic E-state index is 0.539. The highest BCUT2D eigenvalue weighted by molar-refractivity contribution is 6.32. The molecule has 3 heteroatoms. The lowest BCUT2D eigenvalue weighted by atomic mass is 10.1. The minimum Gasteiger partial charge on any atom is -0.357 e. The van der Waals surface area contributed by atoms with Crippen LogP contribution in [-0.2, 0) is 6.54 Å². The third kappa shape index (κ3) is 1.22. The summed E-state index contributed by atoms with van der Waals surface area (Å²) in [5.41, 5.74) is 10.1. The van der Waals surface area contributed by atoms with E-state index in [2.05, 4.69) is 11.9 Å². The van der Waals surface area contributed by atoms with Crippen LogP contribution in [0.15, 0.2) is 12.1 Å². The van der Waals surface area contributed by atoms with Crippen molar-refractivity contribution >= 4 is 22.5 Å². The van der Waals surface area contributed by atoms with Crippen LogP contribution in [0, 0.1) is 13.8 Å². The van der Waals surface area contributed by atoms with Crippen molar-refractivity contribution in [2.75, 3.05) is 0 Å². The number of aryl methyl sites for hydroxylation is 2. The molecule has 0 bridgehead atoms. The van der Waals surface area contributed by atoms with Gasteiger partial charge in [0.05, 0.1) is 5.52 Å². The molecule has 0 spiro atoms. The Morgan fingerprint density at radius 2 is 2.00 bits per heavy atom. The van der Waals surface area contributed by atoms with Crippen molar-refractivity contribution in [2.24, 2.45) is 5.73 Å². The SMILES string of the molecule is Cc1c(CN)[nH]c2c(C)c(Cl)ccc12. The molecule has 2 nitrogen and oxygen atoms in total. The summed E-state index contributed by atoms with van der Waals surface area (Å²) in [5.74, 6) is 0. The fraction of sp³-hybridized carbons (Fsp3) is 0.273. The first-order valence-corrected chi connectivity index (χ1v) is 4.99. The molecule has 1 aromatic carbocycles. The summed E-state index contributed by atoms with van der Waals surface area (Å²) in [6.45, 7) is 4.63. The smallest absolute Gasteiger partial charge is 0.0503 e. The number of fused-ring (bicyclic) bond motifs is 1. The van der Waals surface area contributed by atoms with Gasteiger partial charge in [0.2, 0.25) is 0 Å². The number of hydrogen-bond acceptors (Lipinski definition) is 1. The summed E-state index contributed by atoms with van der Waals surface area (Å²) in [4.78, 5) is 3.31. The maximum absolute atomic E-state index is 6.04. The molecule has 2 aromatic rings. The van der Waals surface area contributed by atoms with Crippen molar-refractivity contribution < 1.29 is 0 Å². The van der Waals surface area contributed by atoms with Gasteiger partial charge in [0.15, 0.2) is 0 Å². The summed E-state index contributed by atoms with van der Waals surface area (Å²) in [5, 5.41) is 2.01. The summed E-state index contributed by atoms with van der Waals surface area (Å²) in [7, 11) is 0. The molecule has 2 rings (SSSR count). The van der Waals surface area contributed by atoms with Gasteiger partial charge in [-0.15, -0.1) is 0 Å². The third-order valence-electron chi connectivity index (χ3n) is 2.74. The highest BCUT2D eigenvalue weighted by atomic mass is 35.5. The molecule has 3 N–H and O–H groups in total. The van der Waals surface area contributed by atoms with Gasteiger partial charge in [0, 0.05) is 22.6 Å². The Morgan fingerprint density at radius 3 is 2.64 bits per heavy atom. The molecule has 1 aromatic heterocycles. The van der Waals surface area contributed by atoms with Crippen LogP contribution in [0.2, 0.25) is 5.02 Å². The van der Waals surface area contributed by atoms with E-state index in [0.29, 0.717) is 6.54 Å². The molecule has 0 aliphatic carbocycles. The van der Waals surface area contributed by atoms with E-state index in [4.69, 9.17) is 17.3 Å². The van der Waals surface area contributed by atoms with E-state index < -0.39 is 0 Å². The average molecular weight is 209 g/mol. The van der Waals surface area contributed by atoms with E-state index in [1.54, 1.807) is 0 Å². The lowest BCUT2D eigenvalue weighted by Gasteiger charge is -1.98. The van der Waals surface area contributed by atoms with Gasteiger partial charge in [-0.3, -0.25) is 0 Å². The van der Waals surface area contributed by atoms with Crippen LogP contribution in [0.4, 0.5) is 0 Å². The van der Waals surface area contributed by atoms with Gasteiger partial charge in [-0.25, -0.2) is 0 Å². The van der Waals surface area contributed by atoms with Gasteiger partial charge in [0.25, 0.3) is 0 Å². The molecular formula is C11H13ClN2. The van der Waals surface area contributed by atoms with E-state index in [0.717, 1.165) is 21.8 Å². The highest BCUT2D eigenvalue weighted by Gasteiger charge is 2.09. The second-order valence-electron chi connectivity index (χ2n) is 3.53. The number of aromatic amines is 1.